The van der Waals surface area contributed by atoms with Crippen molar-refractivity contribution in [1.29, 1.82) is 0 Å². The van der Waals surface area contributed by atoms with E-state index in [9.17, 15) is 9.59 Å². The van der Waals surface area contributed by atoms with Crippen molar-refractivity contribution >= 4 is 17.4 Å². The number of carboxylic acid groups (broad SMARTS) is 1. The molecule has 19 heavy (non-hydrogen) atoms. The Morgan fingerprint density at radius 2 is 1.89 bits per heavy atom. The van der Waals surface area contributed by atoms with Gasteiger partial charge in [0.05, 0.1) is 5.92 Å². The fraction of sp³-hybridized carbons (Fsp3) is 0.467. The van der Waals surface area contributed by atoms with E-state index in [1.54, 1.807) is 13.0 Å². The van der Waals surface area contributed by atoms with Gasteiger partial charge >= 0.3 is 5.97 Å². The molecule has 0 amide bonds. The fourth-order valence-electron chi connectivity index (χ4n) is 1.89. The number of Topliss-reactive ketones (excluding diaryl/α,β-unsaturated/α-hetero) is 1. The van der Waals surface area contributed by atoms with Crippen molar-refractivity contribution in [2.45, 2.75) is 33.7 Å². The number of aliphatic carboxylic acids is 1. The number of carboxylic acids is 1. The maximum atomic E-state index is 11.4. The summed E-state index contributed by atoms with van der Waals surface area (Å²) >= 11 is 0. The molecular formula is C15H21NO3. The highest BCUT2D eigenvalue weighted by atomic mass is 16.4. The number of carbonyl (C=O) groups excluding carboxylic acids is 1. The lowest BCUT2D eigenvalue weighted by atomic mass is 10.1. The third-order valence-electron chi connectivity index (χ3n) is 3.10. The largest absolute Gasteiger partial charge is 0.481 e. The highest BCUT2D eigenvalue weighted by Gasteiger charge is 2.19. The van der Waals surface area contributed by atoms with Gasteiger partial charge < -0.3 is 10.0 Å². The number of benzene rings is 1. The minimum absolute atomic E-state index is 0.0110. The van der Waals surface area contributed by atoms with Crippen LogP contribution in [-0.4, -0.2) is 29.4 Å². The summed E-state index contributed by atoms with van der Waals surface area (Å²) in [6.45, 7) is 7.66. The molecule has 0 saturated carbocycles. The number of anilines is 1. The molecule has 4 heteroatoms. The van der Waals surface area contributed by atoms with Gasteiger partial charge in [-0.2, -0.15) is 0 Å². The van der Waals surface area contributed by atoms with Crippen LogP contribution in [0.5, 0.6) is 0 Å². The van der Waals surface area contributed by atoms with E-state index in [4.69, 9.17) is 5.11 Å². The third-order valence-corrected chi connectivity index (χ3v) is 3.10. The van der Waals surface area contributed by atoms with E-state index < -0.39 is 11.9 Å². The summed E-state index contributed by atoms with van der Waals surface area (Å²) in [6, 6.07) is 7.49. The zero-order valence-corrected chi connectivity index (χ0v) is 11.9. The van der Waals surface area contributed by atoms with E-state index in [0.29, 0.717) is 12.1 Å². The van der Waals surface area contributed by atoms with Gasteiger partial charge in [0.25, 0.3) is 0 Å². The molecule has 1 aromatic carbocycles. The lowest BCUT2D eigenvalue weighted by molar-refractivity contribution is -0.140. The summed E-state index contributed by atoms with van der Waals surface area (Å²) in [6.07, 6.45) is 0. The third kappa shape index (κ3) is 4.09. The van der Waals surface area contributed by atoms with E-state index in [1.165, 1.54) is 6.92 Å². The minimum Gasteiger partial charge on any atom is -0.481 e. The van der Waals surface area contributed by atoms with Crippen LogP contribution in [0.25, 0.3) is 0 Å². The van der Waals surface area contributed by atoms with Crippen LogP contribution in [0, 0.1) is 5.92 Å². The molecule has 0 radical (unpaired) electrons. The van der Waals surface area contributed by atoms with Crippen molar-refractivity contribution < 1.29 is 14.7 Å². The Morgan fingerprint density at radius 1 is 1.26 bits per heavy atom. The highest BCUT2D eigenvalue weighted by molar-refractivity contribution is 5.95. The Bertz CT molecular complexity index is 468. The number of nitrogens with zero attached hydrogens (tertiary/aromatic N) is 1. The molecule has 0 aliphatic heterocycles. The Kier molecular flexibility index (Phi) is 5.10. The topological polar surface area (TPSA) is 57.6 Å². The summed E-state index contributed by atoms with van der Waals surface area (Å²) in [5.41, 5.74) is 1.53. The lowest BCUT2D eigenvalue weighted by Crippen LogP contribution is -2.37. The van der Waals surface area contributed by atoms with Crippen molar-refractivity contribution in [1.82, 2.24) is 0 Å². The zero-order chi connectivity index (χ0) is 14.6. The van der Waals surface area contributed by atoms with Crippen LogP contribution in [0.3, 0.4) is 0 Å². The second kappa shape index (κ2) is 6.36. The van der Waals surface area contributed by atoms with Gasteiger partial charge in [-0.25, -0.2) is 0 Å². The van der Waals surface area contributed by atoms with Gasteiger partial charge in [0.1, 0.15) is 0 Å². The smallest absolute Gasteiger partial charge is 0.308 e. The first-order chi connectivity index (χ1) is 8.82. The van der Waals surface area contributed by atoms with Crippen LogP contribution in [0.2, 0.25) is 0 Å². The molecule has 1 N–H and O–H groups in total. The molecule has 1 atom stereocenters. The van der Waals surface area contributed by atoms with Crippen LogP contribution < -0.4 is 4.90 Å². The number of hydrogen-bond donors (Lipinski definition) is 1. The molecule has 1 aromatic rings. The normalized spacial score (nSPS) is 12.3. The highest BCUT2D eigenvalue weighted by Crippen LogP contribution is 2.20. The summed E-state index contributed by atoms with van der Waals surface area (Å²) in [5, 5.41) is 9.02. The van der Waals surface area contributed by atoms with Crippen molar-refractivity contribution in [3.05, 3.63) is 29.8 Å². The molecule has 0 aromatic heterocycles. The van der Waals surface area contributed by atoms with Crippen LogP contribution in [0.4, 0.5) is 5.69 Å². The number of carbonyl (C=O) groups is 2. The average molecular weight is 263 g/mol. The first-order valence-corrected chi connectivity index (χ1v) is 6.43. The van der Waals surface area contributed by atoms with E-state index in [2.05, 4.69) is 0 Å². The van der Waals surface area contributed by atoms with Gasteiger partial charge in [0.2, 0.25) is 0 Å². The molecule has 0 fully saturated rings. The molecule has 1 unspecified atom stereocenters. The maximum Gasteiger partial charge on any atom is 0.308 e. The Morgan fingerprint density at radius 3 is 2.37 bits per heavy atom. The Labute approximate surface area is 114 Å². The Balaban J connectivity index is 3.02. The number of rotatable bonds is 6. The molecule has 0 aliphatic rings. The van der Waals surface area contributed by atoms with Crippen molar-refractivity contribution in [3.8, 4) is 0 Å². The molecule has 0 aliphatic carbocycles. The van der Waals surface area contributed by atoms with E-state index >= 15 is 0 Å². The maximum absolute atomic E-state index is 11.4. The molecule has 104 valence electrons. The molecular weight excluding hydrogens is 242 g/mol. The van der Waals surface area contributed by atoms with E-state index in [0.717, 1.165) is 5.69 Å². The summed E-state index contributed by atoms with van der Waals surface area (Å²) in [4.78, 5) is 24.4. The summed E-state index contributed by atoms with van der Waals surface area (Å²) in [7, 11) is 0. The van der Waals surface area contributed by atoms with Crippen LogP contribution in [0.15, 0.2) is 24.3 Å². The average Bonchev–Trinajstić information content (AvgIpc) is 2.35. The van der Waals surface area contributed by atoms with Gasteiger partial charge in [-0.15, -0.1) is 0 Å². The standard InChI is InChI=1S/C15H21NO3/c1-10(2)16(9-11(3)15(18)19)14-7-5-6-13(8-14)12(4)17/h5-8,10-11H,9H2,1-4H3,(H,18,19). The summed E-state index contributed by atoms with van der Waals surface area (Å²) < 4.78 is 0. The SMILES string of the molecule is CC(=O)c1cccc(N(CC(C)C(=O)O)C(C)C)c1. The predicted octanol–water partition coefficient (Wildman–Crippen LogP) is 2.82. The quantitative estimate of drug-likeness (QED) is 0.802. The molecule has 0 heterocycles. The monoisotopic (exact) mass is 263 g/mol. The van der Waals surface area contributed by atoms with E-state index in [-0.39, 0.29) is 11.8 Å². The Hall–Kier alpha value is -1.84. The minimum atomic E-state index is -0.812. The second-order valence-corrected chi connectivity index (χ2v) is 5.09. The predicted molar refractivity (Wildman–Crippen MR) is 75.7 cm³/mol. The molecule has 0 spiro atoms. The first kappa shape index (κ1) is 15.2. The van der Waals surface area contributed by atoms with Crippen molar-refractivity contribution in [2.75, 3.05) is 11.4 Å². The number of ketones is 1. The molecule has 1 rings (SSSR count). The van der Waals surface area contributed by atoms with Gasteiger partial charge in [0.15, 0.2) is 5.78 Å². The van der Waals surface area contributed by atoms with Crippen LogP contribution >= 0.6 is 0 Å². The molecule has 4 nitrogen and oxygen atoms in total. The van der Waals surface area contributed by atoms with Crippen molar-refractivity contribution in [2.24, 2.45) is 5.92 Å². The van der Waals surface area contributed by atoms with Gasteiger partial charge in [0, 0.05) is 23.8 Å². The van der Waals surface area contributed by atoms with Gasteiger partial charge in [-0.1, -0.05) is 19.1 Å². The van der Waals surface area contributed by atoms with Crippen LogP contribution in [0.1, 0.15) is 38.1 Å². The lowest BCUT2D eigenvalue weighted by Gasteiger charge is -2.30. The van der Waals surface area contributed by atoms with E-state index in [1.807, 2.05) is 36.9 Å². The van der Waals surface area contributed by atoms with Crippen molar-refractivity contribution in [3.63, 3.8) is 0 Å². The molecule has 0 bridgehead atoms. The second-order valence-electron chi connectivity index (χ2n) is 5.09. The van der Waals surface area contributed by atoms with Gasteiger partial charge in [-0.05, 0) is 32.9 Å². The first-order valence-electron chi connectivity index (χ1n) is 6.43. The van der Waals surface area contributed by atoms with Crippen LogP contribution in [-0.2, 0) is 4.79 Å². The number of hydrogen-bond acceptors (Lipinski definition) is 3. The molecule has 0 saturated heterocycles. The summed E-state index contributed by atoms with van der Waals surface area (Å²) in [5.74, 6) is -1.26. The fourth-order valence-corrected chi connectivity index (χ4v) is 1.89. The van der Waals surface area contributed by atoms with Gasteiger partial charge in [-0.3, -0.25) is 9.59 Å². The zero-order valence-electron chi connectivity index (χ0n) is 11.9.